The number of aliphatic hydroxyl groups is 1. The number of carbonyl (C=O) groups excluding carboxylic acids is 2. The van der Waals surface area contributed by atoms with E-state index >= 15 is 0 Å². The Morgan fingerprint density at radius 3 is 2.59 bits per heavy atom. The molecule has 8 heteroatoms. The van der Waals surface area contributed by atoms with Crippen LogP contribution in [0.1, 0.15) is 56.0 Å². The highest BCUT2D eigenvalue weighted by atomic mass is 16.5. The number of nitrogens with one attached hydrogen (secondary N) is 1. The number of benzene rings is 2. The average Bonchev–Trinajstić information content (AvgIpc) is 2.90. The fourth-order valence-corrected chi connectivity index (χ4v) is 4.81. The molecule has 2 aromatic rings. The minimum absolute atomic E-state index is 0.0327. The number of rotatable bonds is 7. The van der Waals surface area contributed by atoms with Crippen LogP contribution in [0.5, 0.6) is 5.75 Å². The van der Waals surface area contributed by atoms with Gasteiger partial charge in [-0.3, -0.25) is 9.59 Å². The Balaban J connectivity index is 1.93. The Kier molecular flexibility index (Phi) is 11.8. The van der Waals surface area contributed by atoms with Gasteiger partial charge in [-0.05, 0) is 71.0 Å². The molecule has 2 aromatic carbocycles. The Hall–Kier alpha value is -2.94. The number of anilines is 1. The second-order valence-corrected chi connectivity index (χ2v) is 11.0. The molecule has 3 rings (SSSR count). The lowest BCUT2D eigenvalue weighted by molar-refractivity contribution is -0.115. The van der Waals surface area contributed by atoms with E-state index in [0.717, 1.165) is 31.4 Å². The Morgan fingerprint density at radius 1 is 1.15 bits per heavy atom. The van der Waals surface area contributed by atoms with Gasteiger partial charge in [-0.15, -0.1) is 0 Å². The zero-order valence-electron chi connectivity index (χ0n) is 24.1. The summed E-state index contributed by atoms with van der Waals surface area (Å²) in [6.07, 6.45) is 2.79. The molecule has 1 aliphatic rings. The SMILES string of the molecule is C[C@H]1CCCCO[C@H](CN(C)C)[C@@H](C)CN([C@@H](C)CO)C(=O)c2cc(NC(=O)Cc3ccccc3)ccc2O1. The number of hydrogen-bond acceptors (Lipinski definition) is 6. The smallest absolute Gasteiger partial charge is 0.258 e. The van der Waals surface area contributed by atoms with Gasteiger partial charge in [0.1, 0.15) is 5.75 Å². The van der Waals surface area contributed by atoms with E-state index in [9.17, 15) is 14.7 Å². The highest BCUT2D eigenvalue weighted by Gasteiger charge is 2.30. The van der Waals surface area contributed by atoms with Crippen molar-refractivity contribution >= 4 is 17.5 Å². The van der Waals surface area contributed by atoms with Crippen LogP contribution in [0.4, 0.5) is 5.69 Å². The van der Waals surface area contributed by atoms with Gasteiger partial charge in [0.2, 0.25) is 5.91 Å². The van der Waals surface area contributed by atoms with Gasteiger partial charge < -0.3 is 29.7 Å². The number of aliphatic hydroxyl groups excluding tert-OH is 1. The molecule has 0 unspecified atom stereocenters. The van der Waals surface area contributed by atoms with Gasteiger partial charge in [0.05, 0.1) is 36.8 Å². The van der Waals surface area contributed by atoms with Gasteiger partial charge in [-0.1, -0.05) is 37.3 Å². The number of fused-ring (bicyclic) bond motifs is 1. The summed E-state index contributed by atoms with van der Waals surface area (Å²) in [4.78, 5) is 30.6. The zero-order valence-corrected chi connectivity index (χ0v) is 24.1. The van der Waals surface area contributed by atoms with Crippen molar-refractivity contribution in [2.45, 2.75) is 64.7 Å². The number of amides is 2. The van der Waals surface area contributed by atoms with Crippen molar-refractivity contribution in [1.82, 2.24) is 9.80 Å². The van der Waals surface area contributed by atoms with Gasteiger partial charge in [-0.25, -0.2) is 0 Å². The summed E-state index contributed by atoms with van der Waals surface area (Å²) in [6.45, 7) is 7.57. The maximum atomic E-state index is 14.1. The molecule has 0 aromatic heterocycles. The van der Waals surface area contributed by atoms with Crippen LogP contribution >= 0.6 is 0 Å². The maximum Gasteiger partial charge on any atom is 0.258 e. The van der Waals surface area contributed by atoms with Crippen molar-refractivity contribution in [2.24, 2.45) is 5.92 Å². The van der Waals surface area contributed by atoms with Gasteiger partial charge in [0.15, 0.2) is 0 Å². The van der Waals surface area contributed by atoms with E-state index in [1.54, 1.807) is 23.1 Å². The van der Waals surface area contributed by atoms with E-state index in [-0.39, 0.29) is 43.0 Å². The molecule has 2 amide bonds. The van der Waals surface area contributed by atoms with Crippen molar-refractivity contribution in [3.8, 4) is 5.75 Å². The molecule has 0 bridgehead atoms. The van der Waals surface area contributed by atoms with E-state index in [1.807, 2.05) is 58.3 Å². The molecule has 4 atom stereocenters. The summed E-state index contributed by atoms with van der Waals surface area (Å²) in [5, 5.41) is 13.0. The molecule has 0 saturated heterocycles. The van der Waals surface area contributed by atoms with E-state index in [1.165, 1.54) is 0 Å². The van der Waals surface area contributed by atoms with E-state index in [0.29, 0.717) is 30.2 Å². The molecule has 0 aliphatic carbocycles. The summed E-state index contributed by atoms with van der Waals surface area (Å²) in [5.74, 6) is 0.104. The molecular weight excluding hydrogens is 494 g/mol. The standard InChI is InChI=1S/C31H45N3O5/c1-22-19-34(23(2)21-35)31(37)27-18-26(32-30(36)17-25-12-7-6-8-13-25)14-15-28(27)39-24(3)11-9-10-16-38-29(22)20-33(4)5/h6-8,12-15,18,22-24,29,35H,9-11,16-17,19-21H2,1-5H3,(H,32,36)/t22-,23-,24-,29+/m0/s1. The largest absolute Gasteiger partial charge is 0.490 e. The molecule has 2 N–H and O–H groups in total. The van der Waals surface area contributed by atoms with Crippen LogP contribution in [0.15, 0.2) is 48.5 Å². The van der Waals surface area contributed by atoms with Gasteiger partial charge in [0, 0.05) is 31.3 Å². The van der Waals surface area contributed by atoms with Crippen LogP contribution < -0.4 is 10.1 Å². The molecular formula is C31H45N3O5. The van der Waals surface area contributed by atoms with Crippen molar-refractivity contribution in [1.29, 1.82) is 0 Å². The lowest BCUT2D eigenvalue weighted by Gasteiger charge is -2.35. The predicted octanol–water partition coefficient (Wildman–Crippen LogP) is 4.22. The third kappa shape index (κ3) is 9.34. The van der Waals surface area contributed by atoms with Crippen molar-refractivity contribution in [2.75, 3.05) is 45.7 Å². The fraction of sp³-hybridized carbons (Fsp3) is 0.548. The molecule has 1 aliphatic heterocycles. The Labute approximate surface area is 233 Å². The monoisotopic (exact) mass is 539 g/mol. The molecule has 1 heterocycles. The van der Waals surface area contributed by atoms with Crippen LogP contribution in [0.2, 0.25) is 0 Å². The van der Waals surface area contributed by atoms with Crippen LogP contribution in [-0.4, -0.2) is 85.4 Å². The number of likely N-dealkylation sites (N-methyl/N-ethyl adjacent to an activating group) is 1. The fourth-order valence-electron chi connectivity index (χ4n) is 4.81. The first-order chi connectivity index (χ1) is 18.7. The molecule has 8 nitrogen and oxygen atoms in total. The number of nitrogens with zero attached hydrogens (tertiary/aromatic N) is 2. The topological polar surface area (TPSA) is 91.3 Å². The minimum Gasteiger partial charge on any atom is -0.490 e. The lowest BCUT2D eigenvalue weighted by atomic mass is 10.0. The van der Waals surface area contributed by atoms with Crippen molar-refractivity contribution < 1.29 is 24.2 Å². The first kappa shape index (κ1) is 30.6. The Bertz CT molecular complexity index is 1060. The van der Waals surface area contributed by atoms with E-state index in [4.69, 9.17) is 9.47 Å². The number of hydrogen-bond donors (Lipinski definition) is 2. The number of carbonyl (C=O) groups is 2. The van der Waals surface area contributed by atoms with Crippen LogP contribution in [-0.2, 0) is 16.0 Å². The third-order valence-corrected chi connectivity index (χ3v) is 7.09. The summed E-state index contributed by atoms with van der Waals surface area (Å²) < 4.78 is 12.6. The number of ether oxygens (including phenoxy) is 2. The summed E-state index contributed by atoms with van der Waals surface area (Å²) in [6, 6.07) is 14.3. The first-order valence-electron chi connectivity index (χ1n) is 14.0. The van der Waals surface area contributed by atoms with Crippen LogP contribution in [0, 0.1) is 5.92 Å². The van der Waals surface area contributed by atoms with Crippen LogP contribution in [0.25, 0.3) is 0 Å². The Morgan fingerprint density at radius 2 is 1.90 bits per heavy atom. The highest BCUT2D eigenvalue weighted by molar-refractivity contribution is 6.00. The molecule has 0 radical (unpaired) electrons. The van der Waals surface area contributed by atoms with Crippen molar-refractivity contribution in [3.63, 3.8) is 0 Å². The lowest BCUT2D eigenvalue weighted by Crippen LogP contribution is -2.47. The van der Waals surface area contributed by atoms with Crippen molar-refractivity contribution in [3.05, 3.63) is 59.7 Å². The van der Waals surface area contributed by atoms with Gasteiger partial charge in [0.25, 0.3) is 5.91 Å². The van der Waals surface area contributed by atoms with Gasteiger partial charge >= 0.3 is 0 Å². The second-order valence-electron chi connectivity index (χ2n) is 11.0. The summed E-state index contributed by atoms with van der Waals surface area (Å²) in [7, 11) is 4.03. The highest BCUT2D eigenvalue weighted by Crippen LogP contribution is 2.28. The second kappa shape index (κ2) is 15.0. The zero-order chi connectivity index (χ0) is 28.4. The predicted molar refractivity (Wildman–Crippen MR) is 154 cm³/mol. The molecule has 39 heavy (non-hydrogen) atoms. The first-order valence-corrected chi connectivity index (χ1v) is 14.0. The average molecular weight is 540 g/mol. The normalized spacial score (nSPS) is 22.0. The summed E-state index contributed by atoms with van der Waals surface area (Å²) in [5.41, 5.74) is 1.81. The van der Waals surface area contributed by atoms with Crippen LogP contribution in [0.3, 0.4) is 0 Å². The van der Waals surface area contributed by atoms with E-state index < -0.39 is 6.04 Å². The summed E-state index contributed by atoms with van der Waals surface area (Å²) >= 11 is 0. The van der Waals surface area contributed by atoms with Gasteiger partial charge in [-0.2, -0.15) is 0 Å². The minimum atomic E-state index is -0.408. The van der Waals surface area contributed by atoms with E-state index in [2.05, 4.69) is 17.1 Å². The molecule has 214 valence electrons. The maximum absolute atomic E-state index is 14.1. The molecule has 0 fully saturated rings. The third-order valence-electron chi connectivity index (χ3n) is 7.09. The molecule has 0 spiro atoms. The quantitative estimate of drug-likeness (QED) is 0.548. The molecule has 0 saturated carbocycles.